The molecule has 1 atom stereocenters. The van der Waals surface area contributed by atoms with Crippen LogP contribution in [0.5, 0.6) is 0 Å². The number of furan rings is 1. The minimum atomic E-state index is -0.709. The molecule has 2 aromatic rings. The first-order valence-electron chi connectivity index (χ1n) is 3.73. The number of hydrogen-bond acceptors (Lipinski definition) is 3. The summed E-state index contributed by atoms with van der Waals surface area (Å²) < 4.78 is 5.09. The van der Waals surface area contributed by atoms with E-state index in [4.69, 9.17) is 16.0 Å². The molecule has 2 nitrogen and oxygen atoms in total. The number of aliphatic hydroxyl groups is 1. The van der Waals surface area contributed by atoms with Gasteiger partial charge in [-0.1, -0.05) is 0 Å². The van der Waals surface area contributed by atoms with Gasteiger partial charge in [0, 0.05) is 0 Å². The van der Waals surface area contributed by atoms with Crippen molar-refractivity contribution >= 4 is 22.9 Å². The minimum Gasteiger partial charge on any atom is -0.447 e. The molecule has 0 aliphatic heterocycles. The van der Waals surface area contributed by atoms with E-state index in [2.05, 4.69) is 0 Å². The molecule has 1 N–H and O–H groups in total. The monoisotopic (exact) mass is 214 g/mol. The third-order valence-corrected chi connectivity index (χ3v) is 2.63. The summed E-state index contributed by atoms with van der Waals surface area (Å²) in [5, 5.41) is 13.8. The summed E-state index contributed by atoms with van der Waals surface area (Å²) in [6, 6.07) is 5.14. The van der Waals surface area contributed by atoms with Crippen LogP contribution >= 0.6 is 22.9 Å². The van der Waals surface area contributed by atoms with Gasteiger partial charge in [0.2, 0.25) is 0 Å². The van der Waals surface area contributed by atoms with Crippen LogP contribution in [0, 0.1) is 0 Å². The maximum absolute atomic E-state index is 9.75. The second-order valence-electron chi connectivity index (χ2n) is 2.60. The molecule has 1 unspecified atom stereocenters. The van der Waals surface area contributed by atoms with Gasteiger partial charge in [0.1, 0.15) is 11.9 Å². The van der Waals surface area contributed by atoms with Crippen LogP contribution in [-0.2, 0) is 0 Å². The third kappa shape index (κ3) is 1.77. The van der Waals surface area contributed by atoms with Gasteiger partial charge in [-0.15, -0.1) is 0 Å². The van der Waals surface area contributed by atoms with Crippen LogP contribution in [-0.4, -0.2) is 5.11 Å². The Bertz CT molecular complexity index is 380. The van der Waals surface area contributed by atoms with E-state index < -0.39 is 6.10 Å². The summed E-state index contributed by atoms with van der Waals surface area (Å²) in [5.74, 6) is 0.475. The molecule has 0 spiro atoms. The van der Waals surface area contributed by atoms with Crippen molar-refractivity contribution in [1.82, 2.24) is 0 Å². The Kier molecular flexibility index (Phi) is 2.40. The van der Waals surface area contributed by atoms with Crippen molar-refractivity contribution in [2.75, 3.05) is 0 Å². The van der Waals surface area contributed by atoms with Crippen LogP contribution in [0.1, 0.15) is 17.4 Å². The Morgan fingerprint density at radius 1 is 1.38 bits per heavy atom. The number of rotatable bonds is 2. The molecule has 0 fully saturated rings. The Balaban J connectivity index is 2.28. The lowest BCUT2D eigenvalue weighted by Crippen LogP contribution is -1.94. The highest BCUT2D eigenvalue weighted by Crippen LogP contribution is 2.26. The van der Waals surface area contributed by atoms with Crippen LogP contribution < -0.4 is 0 Å². The predicted molar refractivity (Wildman–Crippen MR) is 52.1 cm³/mol. The van der Waals surface area contributed by atoms with Crippen molar-refractivity contribution in [2.45, 2.75) is 6.10 Å². The summed E-state index contributed by atoms with van der Waals surface area (Å²) in [6.07, 6.45) is -0.709. The van der Waals surface area contributed by atoms with Crippen LogP contribution in [0.25, 0.3) is 0 Å². The summed E-state index contributed by atoms with van der Waals surface area (Å²) in [7, 11) is 0. The molecule has 2 heterocycles. The van der Waals surface area contributed by atoms with Crippen LogP contribution in [0.4, 0.5) is 0 Å². The summed E-state index contributed by atoms with van der Waals surface area (Å²) >= 11 is 7.13. The van der Waals surface area contributed by atoms with Crippen molar-refractivity contribution in [3.63, 3.8) is 0 Å². The molecule has 0 aliphatic carbocycles. The van der Waals surface area contributed by atoms with Crippen molar-refractivity contribution in [3.8, 4) is 0 Å². The fraction of sp³-hybridized carbons (Fsp3) is 0.111. The lowest BCUT2D eigenvalue weighted by molar-refractivity contribution is 0.190. The fourth-order valence-corrected chi connectivity index (χ4v) is 1.90. The van der Waals surface area contributed by atoms with E-state index in [1.807, 2.05) is 16.8 Å². The van der Waals surface area contributed by atoms with Gasteiger partial charge in [0.15, 0.2) is 5.22 Å². The lowest BCUT2D eigenvalue weighted by atomic mass is 10.1. The quantitative estimate of drug-likeness (QED) is 0.834. The Morgan fingerprint density at radius 2 is 2.23 bits per heavy atom. The molecule has 0 aromatic carbocycles. The SMILES string of the molecule is OC(c1ccsc1)c1ccc(Cl)o1. The molecule has 68 valence electrons. The van der Waals surface area contributed by atoms with E-state index in [0.29, 0.717) is 11.0 Å². The smallest absolute Gasteiger partial charge is 0.193 e. The highest BCUT2D eigenvalue weighted by Gasteiger charge is 2.14. The maximum Gasteiger partial charge on any atom is 0.193 e. The molecule has 2 rings (SSSR count). The van der Waals surface area contributed by atoms with Gasteiger partial charge in [-0.3, -0.25) is 0 Å². The average molecular weight is 215 g/mol. The van der Waals surface area contributed by atoms with Crippen LogP contribution in [0.15, 0.2) is 33.4 Å². The first kappa shape index (κ1) is 8.81. The zero-order valence-electron chi connectivity index (χ0n) is 6.61. The number of halogens is 1. The summed E-state index contributed by atoms with van der Waals surface area (Å²) in [5.41, 5.74) is 0.830. The predicted octanol–water partition coefficient (Wildman–Crippen LogP) is 3.08. The lowest BCUT2D eigenvalue weighted by Gasteiger charge is -2.03. The van der Waals surface area contributed by atoms with Crippen molar-refractivity contribution < 1.29 is 9.52 Å². The zero-order valence-corrected chi connectivity index (χ0v) is 8.18. The van der Waals surface area contributed by atoms with Crippen molar-refractivity contribution in [1.29, 1.82) is 0 Å². The van der Waals surface area contributed by atoms with E-state index in [1.54, 1.807) is 12.1 Å². The number of thiophene rings is 1. The highest BCUT2D eigenvalue weighted by atomic mass is 35.5. The topological polar surface area (TPSA) is 33.4 Å². The molecule has 0 aliphatic rings. The second kappa shape index (κ2) is 3.54. The third-order valence-electron chi connectivity index (χ3n) is 1.72. The van der Waals surface area contributed by atoms with Gasteiger partial charge in [0.05, 0.1) is 0 Å². The molecule has 0 saturated carbocycles. The molecule has 0 saturated heterocycles. The average Bonchev–Trinajstić information content (AvgIpc) is 2.72. The van der Waals surface area contributed by atoms with Gasteiger partial charge >= 0.3 is 0 Å². The Morgan fingerprint density at radius 3 is 2.77 bits per heavy atom. The molecule has 0 radical (unpaired) electrons. The fourth-order valence-electron chi connectivity index (χ4n) is 1.07. The molecule has 0 bridgehead atoms. The first-order chi connectivity index (χ1) is 6.27. The van der Waals surface area contributed by atoms with E-state index >= 15 is 0 Å². The maximum atomic E-state index is 9.75. The molecule has 2 aromatic heterocycles. The normalized spacial score (nSPS) is 13.1. The van der Waals surface area contributed by atoms with E-state index in [1.165, 1.54) is 11.3 Å². The van der Waals surface area contributed by atoms with E-state index in [9.17, 15) is 5.11 Å². The van der Waals surface area contributed by atoms with Crippen LogP contribution in [0.3, 0.4) is 0 Å². The van der Waals surface area contributed by atoms with Gasteiger partial charge in [0.25, 0.3) is 0 Å². The van der Waals surface area contributed by atoms with E-state index in [0.717, 1.165) is 5.56 Å². The molecular formula is C9H7ClO2S. The standard InChI is InChI=1S/C9H7ClO2S/c10-8-2-1-7(12-8)9(11)6-3-4-13-5-6/h1-5,9,11H. The van der Waals surface area contributed by atoms with E-state index in [-0.39, 0.29) is 0 Å². The summed E-state index contributed by atoms with van der Waals surface area (Å²) in [6.45, 7) is 0. The number of hydrogen-bond donors (Lipinski definition) is 1. The first-order valence-corrected chi connectivity index (χ1v) is 5.05. The largest absolute Gasteiger partial charge is 0.447 e. The van der Waals surface area contributed by atoms with Gasteiger partial charge in [-0.25, -0.2) is 0 Å². The van der Waals surface area contributed by atoms with Gasteiger partial charge < -0.3 is 9.52 Å². The molecule has 0 amide bonds. The summed E-state index contributed by atoms with van der Waals surface area (Å²) in [4.78, 5) is 0. The second-order valence-corrected chi connectivity index (χ2v) is 3.75. The van der Waals surface area contributed by atoms with Gasteiger partial charge in [-0.05, 0) is 46.1 Å². The Hall–Kier alpha value is -0.770. The minimum absolute atomic E-state index is 0.296. The van der Waals surface area contributed by atoms with Gasteiger partial charge in [-0.2, -0.15) is 11.3 Å². The molecule has 13 heavy (non-hydrogen) atoms. The molecular weight excluding hydrogens is 208 g/mol. The zero-order chi connectivity index (χ0) is 9.26. The Labute approximate surface area is 84.4 Å². The van der Waals surface area contributed by atoms with Crippen molar-refractivity contribution in [2.24, 2.45) is 0 Å². The molecule has 4 heteroatoms. The number of aliphatic hydroxyl groups excluding tert-OH is 1. The van der Waals surface area contributed by atoms with Crippen LogP contribution in [0.2, 0.25) is 5.22 Å². The van der Waals surface area contributed by atoms with Crippen molar-refractivity contribution in [3.05, 3.63) is 45.5 Å². The highest BCUT2D eigenvalue weighted by molar-refractivity contribution is 7.07.